The van der Waals surface area contributed by atoms with Gasteiger partial charge in [0.15, 0.2) is 6.10 Å². The van der Waals surface area contributed by atoms with Gasteiger partial charge in [-0.25, -0.2) is 4.79 Å². The second kappa shape index (κ2) is 3.39. The van der Waals surface area contributed by atoms with Crippen LogP contribution in [-0.2, 0) is 14.3 Å². The lowest BCUT2D eigenvalue weighted by molar-refractivity contribution is -0.206. The summed E-state index contributed by atoms with van der Waals surface area (Å²) in [7, 11) is 1.07. The van der Waals surface area contributed by atoms with Crippen molar-refractivity contribution in [2.45, 2.75) is 24.2 Å². The molecule has 1 heterocycles. The van der Waals surface area contributed by atoms with Gasteiger partial charge in [0.2, 0.25) is 0 Å². The summed E-state index contributed by atoms with van der Waals surface area (Å²) in [5, 5.41) is 0. The normalized spacial score (nSPS) is 33.1. The Morgan fingerprint density at radius 3 is 2.57 bits per heavy atom. The third-order valence-corrected chi connectivity index (χ3v) is 2.05. The second-order valence-corrected chi connectivity index (χ2v) is 3.19. The van der Waals surface area contributed by atoms with Crippen molar-refractivity contribution in [1.29, 1.82) is 0 Å². The molecule has 2 atom stereocenters. The van der Waals surface area contributed by atoms with E-state index in [0.29, 0.717) is 0 Å². The Kier molecular flexibility index (Phi) is 2.73. The topological polar surface area (TPSA) is 61.5 Å². The number of ether oxygens (including phenoxy) is 2. The largest absolute Gasteiger partial charge is 0.468 e. The van der Waals surface area contributed by atoms with Crippen molar-refractivity contribution in [3.63, 3.8) is 0 Å². The lowest BCUT2D eigenvalue weighted by Gasteiger charge is -2.18. The van der Waals surface area contributed by atoms with Gasteiger partial charge in [-0.15, -0.1) is 0 Å². The first-order valence-corrected chi connectivity index (χ1v) is 3.85. The summed E-state index contributed by atoms with van der Waals surface area (Å²) in [5.74, 6) is -0.885. The number of halogens is 3. The van der Waals surface area contributed by atoms with Gasteiger partial charge in [0.25, 0.3) is 0 Å². The number of methoxy groups -OCH3 is 1. The number of alkyl halides is 3. The highest BCUT2D eigenvalue weighted by Crippen LogP contribution is 2.34. The minimum atomic E-state index is -4.49. The number of rotatable bonds is 1. The highest BCUT2D eigenvalue weighted by molar-refractivity contribution is 5.81. The molecule has 0 spiro atoms. The fourth-order valence-corrected chi connectivity index (χ4v) is 1.25. The Hall–Kier alpha value is -0.820. The molecule has 7 heteroatoms. The molecule has 1 aliphatic rings. The average molecular weight is 213 g/mol. The number of carbonyl (C=O) groups excluding carboxylic acids is 1. The molecule has 0 aromatic heterocycles. The molecule has 0 saturated carbocycles. The number of hydrogen-bond acceptors (Lipinski definition) is 4. The van der Waals surface area contributed by atoms with Crippen LogP contribution in [0.5, 0.6) is 0 Å². The number of hydrogen-bond donors (Lipinski definition) is 1. The predicted octanol–water partition coefficient (Wildman–Crippen LogP) is 0.208. The van der Waals surface area contributed by atoms with Crippen LogP contribution in [0, 0.1) is 0 Å². The van der Waals surface area contributed by atoms with Crippen molar-refractivity contribution in [3.8, 4) is 0 Å². The maximum Gasteiger partial charge on any atom is 0.414 e. The van der Waals surface area contributed by atoms with E-state index in [1.54, 1.807) is 0 Å². The Balaban J connectivity index is 2.69. The van der Waals surface area contributed by atoms with Gasteiger partial charge < -0.3 is 15.2 Å². The van der Waals surface area contributed by atoms with Crippen LogP contribution in [0.25, 0.3) is 0 Å². The predicted molar refractivity (Wildman–Crippen MR) is 39.3 cm³/mol. The number of esters is 1. The minimum absolute atomic E-state index is 0.468. The smallest absolute Gasteiger partial charge is 0.414 e. The summed E-state index contributed by atoms with van der Waals surface area (Å²) in [6.07, 6.45) is -7.07. The molecule has 2 N–H and O–H groups in total. The zero-order valence-corrected chi connectivity index (χ0v) is 7.43. The molecule has 0 aromatic rings. The third kappa shape index (κ3) is 1.98. The monoisotopic (exact) mass is 213 g/mol. The van der Waals surface area contributed by atoms with E-state index in [4.69, 9.17) is 5.73 Å². The van der Waals surface area contributed by atoms with E-state index in [2.05, 4.69) is 9.47 Å². The van der Waals surface area contributed by atoms with Crippen LogP contribution >= 0.6 is 0 Å². The summed E-state index contributed by atoms with van der Waals surface area (Å²) in [6, 6.07) is 0. The maximum absolute atomic E-state index is 12.1. The van der Waals surface area contributed by atoms with Gasteiger partial charge in [-0.1, -0.05) is 0 Å². The molecule has 0 amide bonds. The number of carbonyl (C=O) groups is 1. The fourth-order valence-electron chi connectivity index (χ4n) is 1.25. The van der Waals surface area contributed by atoms with Crippen LogP contribution in [0.2, 0.25) is 0 Å². The molecule has 0 aromatic carbocycles. The van der Waals surface area contributed by atoms with E-state index in [1.807, 2.05) is 0 Å². The van der Waals surface area contributed by atoms with Crippen molar-refractivity contribution in [2.24, 2.45) is 5.73 Å². The first kappa shape index (κ1) is 11.3. The Morgan fingerprint density at radius 2 is 2.21 bits per heavy atom. The molecular weight excluding hydrogens is 203 g/mol. The molecule has 14 heavy (non-hydrogen) atoms. The molecule has 0 aliphatic carbocycles. The molecule has 0 radical (unpaired) electrons. The quantitative estimate of drug-likeness (QED) is 0.632. The van der Waals surface area contributed by atoms with Crippen molar-refractivity contribution < 1.29 is 27.4 Å². The standard InChI is InChI=1S/C7H10F3NO3/c1-13-5(12)6(11)2-4(14-3-6)7(8,9)10/h4H,2-3,11H2,1H3/t4-,6-/m1/s1. The average Bonchev–Trinajstić information content (AvgIpc) is 2.47. The summed E-state index contributed by atoms with van der Waals surface area (Å²) < 4.78 is 45.1. The van der Waals surface area contributed by atoms with Crippen LogP contribution in [0.15, 0.2) is 0 Å². The summed E-state index contributed by atoms with van der Waals surface area (Å²) in [6.45, 7) is -0.468. The van der Waals surface area contributed by atoms with Gasteiger partial charge in [0.1, 0.15) is 5.54 Å². The van der Waals surface area contributed by atoms with E-state index in [-0.39, 0.29) is 0 Å². The molecule has 0 unspecified atom stereocenters. The van der Waals surface area contributed by atoms with Crippen LogP contribution in [0.3, 0.4) is 0 Å². The van der Waals surface area contributed by atoms with Crippen LogP contribution in [-0.4, -0.2) is 37.5 Å². The molecule has 1 rings (SSSR count). The van der Waals surface area contributed by atoms with Gasteiger partial charge in [0.05, 0.1) is 13.7 Å². The second-order valence-electron chi connectivity index (χ2n) is 3.19. The lowest BCUT2D eigenvalue weighted by atomic mass is 9.97. The third-order valence-electron chi connectivity index (χ3n) is 2.05. The Morgan fingerprint density at radius 1 is 1.64 bits per heavy atom. The van der Waals surface area contributed by atoms with Gasteiger partial charge >= 0.3 is 12.1 Å². The first-order valence-electron chi connectivity index (χ1n) is 3.85. The molecule has 4 nitrogen and oxygen atoms in total. The SMILES string of the molecule is COC(=O)[C@]1(N)CO[C@@H](C(F)(F)F)C1. The van der Waals surface area contributed by atoms with Gasteiger partial charge in [-0.05, 0) is 0 Å². The molecule has 1 fully saturated rings. The minimum Gasteiger partial charge on any atom is -0.468 e. The van der Waals surface area contributed by atoms with Gasteiger partial charge in [-0.3, -0.25) is 0 Å². The highest BCUT2D eigenvalue weighted by atomic mass is 19.4. The first-order chi connectivity index (χ1) is 6.29. The van der Waals surface area contributed by atoms with Crippen molar-refractivity contribution in [3.05, 3.63) is 0 Å². The Labute approximate surface area is 78.1 Å². The van der Waals surface area contributed by atoms with E-state index < -0.39 is 36.8 Å². The number of nitrogens with two attached hydrogens (primary N) is 1. The highest BCUT2D eigenvalue weighted by Gasteiger charge is 2.54. The molecule has 0 bridgehead atoms. The van der Waals surface area contributed by atoms with Crippen LogP contribution in [0.4, 0.5) is 13.2 Å². The molecule has 1 saturated heterocycles. The fraction of sp³-hybridized carbons (Fsp3) is 0.857. The van der Waals surface area contributed by atoms with Crippen LogP contribution < -0.4 is 5.73 Å². The molecule has 1 aliphatic heterocycles. The van der Waals surface area contributed by atoms with E-state index >= 15 is 0 Å². The van der Waals surface area contributed by atoms with Crippen LogP contribution in [0.1, 0.15) is 6.42 Å². The van der Waals surface area contributed by atoms with E-state index in [1.165, 1.54) is 0 Å². The van der Waals surface area contributed by atoms with Gasteiger partial charge in [0, 0.05) is 6.42 Å². The summed E-state index contributed by atoms with van der Waals surface area (Å²) in [4.78, 5) is 11.0. The van der Waals surface area contributed by atoms with Crippen molar-refractivity contribution in [1.82, 2.24) is 0 Å². The zero-order chi connectivity index (χ0) is 11.0. The van der Waals surface area contributed by atoms with Crippen molar-refractivity contribution in [2.75, 3.05) is 13.7 Å². The summed E-state index contributed by atoms with van der Waals surface area (Å²) >= 11 is 0. The van der Waals surface area contributed by atoms with E-state index in [9.17, 15) is 18.0 Å². The molecular formula is C7H10F3NO3. The van der Waals surface area contributed by atoms with Crippen molar-refractivity contribution >= 4 is 5.97 Å². The molecule has 82 valence electrons. The van der Waals surface area contributed by atoms with E-state index in [0.717, 1.165) is 7.11 Å². The maximum atomic E-state index is 12.1. The van der Waals surface area contributed by atoms with Gasteiger partial charge in [-0.2, -0.15) is 13.2 Å². The zero-order valence-electron chi connectivity index (χ0n) is 7.43. The lowest BCUT2D eigenvalue weighted by Crippen LogP contribution is -2.50. The summed E-state index contributed by atoms with van der Waals surface area (Å²) in [5.41, 5.74) is 3.73. The Bertz CT molecular complexity index is 243.